The number of hydrogen-bond acceptors (Lipinski definition) is 2. The standard InChI is InChI=1S/C19H22N2/c1-13-5-6-15-7-8-19(16(15)11-13)21-10-9-14-3-2-4-18(20)17(14)12-21/h2-6,11,19H,7-10,12,20H2,1H3. The van der Waals surface area contributed by atoms with Crippen LogP contribution in [0.3, 0.4) is 0 Å². The van der Waals surface area contributed by atoms with Gasteiger partial charge in [-0.15, -0.1) is 0 Å². The predicted molar refractivity (Wildman–Crippen MR) is 87.2 cm³/mol. The van der Waals surface area contributed by atoms with Crippen molar-refractivity contribution < 1.29 is 0 Å². The first-order valence-corrected chi connectivity index (χ1v) is 7.92. The lowest BCUT2D eigenvalue weighted by Gasteiger charge is -2.34. The van der Waals surface area contributed by atoms with E-state index < -0.39 is 0 Å². The number of fused-ring (bicyclic) bond motifs is 2. The van der Waals surface area contributed by atoms with Crippen LogP contribution in [0.2, 0.25) is 0 Å². The summed E-state index contributed by atoms with van der Waals surface area (Å²) in [6.07, 6.45) is 3.59. The fraction of sp³-hybridized carbons (Fsp3) is 0.368. The topological polar surface area (TPSA) is 29.3 Å². The molecule has 2 aromatic rings. The lowest BCUT2D eigenvalue weighted by Crippen LogP contribution is -2.33. The van der Waals surface area contributed by atoms with Gasteiger partial charge in [0.15, 0.2) is 0 Å². The molecule has 108 valence electrons. The van der Waals surface area contributed by atoms with Gasteiger partial charge >= 0.3 is 0 Å². The van der Waals surface area contributed by atoms with Crippen LogP contribution in [0.25, 0.3) is 0 Å². The van der Waals surface area contributed by atoms with Crippen molar-refractivity contribution in [3.8, 4) is 0 Å². The molecular formula is C19H22N2. The Morgan fingerprint density at radius 3 is 2.90 bits per heavy atom. The molecule has 0 bridgehead atoms. The summed E-state index contributed by atoms with van der Waals surface area (Å²) in [7, 11) is 0. The molecule has 2 N–H and O–H groups in total. The van der Waals surface area contributed by atoms with Gasteiger partial charge in [-0.1, -0.05) is 35.9 Å². The monoisotopic (exact) mass is 278 g/mol. The lowest BCUT2D eigenvalue weighted by molar-refractivity contribution is 0.179. The molecule has 1 atom stereocenters. The molecule has 2 nitrogen and oxygen atoms in total. The van der Waals surface area contributed by atoms with Crippen molar-refractivity contribution in [3.05, 3.63) is 64.2 Å². The summed E-state index contributed by atoms with van der Waals surface area (Å²) in [5.74, 6) is 0. The molecule has 0 amide bonds. The van der Waals surface area contributed by atoms with E-state index in [1.807, 2.05) is 6.07 Å². The average Bonchev–Trinajstić information content (AvgIpc) is 2.90. The summed E-state index contributed by atoms with van der Waals surface area (Å²) >= 11 is 0. The first-order valence-electron chi connectivity index (χ1n) is 7.92. The molecule has 0 saturated heterocycles. The van der Waals surface area contributed by atoms with E-state index in [-0.39, 0.29) is 0 Å². The number of aryl methyl sites for hydroxylation is 2. The van der Waals surface area contributed by atoms with Gasteiger partial charge < -0.3 is 5.73 Å². The molecule has 2 aliphatic rings. The summed E-state index contributed by atoms with van der Waals surface area (Å²) in [6.45, 7) is 4.34. The zero-order chi connectivity index (χ0) is 14.4. The molecule has 1 heterocycles. The second kappa shape index (κ2) is 4.88. The molecule has 0 spiro atoms. The van der Waals surface area contributed by atoms with Gasteiger partial charge in [-0.3, -0.25) is 4.90 Å². The highest BCUT2D eigenvalue weighted by Gasteiger charge is 2.30. The van der Waals surface area contributed by atoms with Gasteiger partial charge in [-0.25, -0.2) is 0 Å². The van der Waals surface area contributed by atoms with Gasteiger partial charge in [0.1, 0.15) is 0 Å². The van der Waals surface area contributed by atoms with Crippen LogP contribution in [0.15, 0.2) is 36.4 Å². The number of benzene rings is 2. The number of nitrogens with two attached hydrogens (primary N) is 1. The quantitative estimate of drug-likeness (QED) is 0.807. The first-order chi connectivity index (χ1) is 10.2. The molecule has 21 heavy (non-hydrogen) atoms. The van der Waals surface area contributed by atoms with Crippen LogP contribution in [0.5, 0.6) is 0 Å². The van der Waals surface area contributed by atoms with Crippen molar-refractivity contribution >= 4 is 5.69 Å². The number of nitrogen functional groups attached to an aromatic ring is 1. The highest BCUT2D eigenvalue weighted by Crippen LogP contribution is 2.39. The predicted octanol–water partition coefficient (Wildman–Crippen LogP) is 3.62. The molecule has 2 aromatic carbocycles. The molecule has 2 heteroatoms. The van der Waals surface area contributed by atoms with E-state index >= 15 is 0 Å². The zero-order valence-electron chi connectivity index (χ0n) is 12.6. The Kier molecular flexibility index (Phi) is 3.00. The van der Waals surface area contributed by atoms with Crippen molar-refractivity contribution in [3.63, 3.8) is 0 Å². The third-order valence-electron chi connectivity index (χ3n) is 5.13. The Labute approximate surface area is 126 Å². The number of hydrogen-bond donors (Lipinski definition) is 1. The SMILES string of the molecule is Cc1ccc2c(c1)C(N1CCc3cccc(N)c3C1)CC2. The third kappa shape index (κ3) is 2.14. The molecule has 1 aliphatic carbocycles. The number of anilines is 1. The molecular weight excluding hydrogens is 256 g/mol. The third-order valence-corrected chi connectivity index (χ3v) is 5.13. The van der Waals surface area contributed by atoms with Crippen LogP contribution in [0.4, 0.5) is 5.69 Å². The molecule has 1 aliphatic heterocycles. The van der Waals surface area contributed by atoms with Crippen LogP contribution >= 0.6 is 0 Å². The van der Waals surface area contributed by atoms with E-state index in [4.69, 9.17) is 5.73 Å². The Morgan fingerprint density at radius 2 is 2.00 bits per heavy atom. The Balaban J connectivity index is 1.66. The molecule has 1 unspecified atom stereocenters. The van der Waals surface area contributed by atoms with Gasteiger partial charge in [0, 0.05) is 24.8 Å². The largest absolute Gasteiger partial charge is 0.398 e. The summed E-state index contributed by atoms with van der Waals surface area (Å²) in [5, 5.41) is 0. The van der Waals surface area contributed by atoms with Gasteiger partial charge in [-0.05, 0) is 54.5 Å². The minimum atomic E-state index is 0.577. The van der Waals surface area contributed by atoms with Crippen molar-refractivity contribution in [2.75, 3.05) is 12.3 Å². The minimum Gasteiger partial charge on any atom is -0.398 e. The smallest absolute Gasteiger partial charge is 0.0362 e. The second-order valence-electron chi connectivity index (χ2n) is 6.46. The van der Waals surface area contributed by atoms with Gasteiger partial charge in [0.05, 0.1) is 0 Å². The molecule has 0 saturated carbocycles. The van der Waals surface area contributed by atoms with Gasteiger partial charge in [0.2, 0.25) is 0 Å². The summed E-state index contributed by atoms with van der Waals surface area (Å²) < 4.78 is 0. The minimum absolute atomic E-state index is 0.577. The van der Waals surface area contributed by atoms with Gasteiger partial charge in [-0.2, -0.15) is 0 Å². The molecule has 4 rings (SSSR count). The normalized spacial score (nSPS) is 21.1. The highest BCUT2D eigenvalue weighted by atomic mass is 15.2. The second-order valence-corrected chi connectivity index (χ2v) is 6.46. The van der Waals surface area contributed by atoms with Crippen molar-refractivity contribution in [1.29, 1.82) is 0 Å². The van der Waals surface area contributed by atoms with Crippen molar-refractivity contribution in [2.24, 2.45) is 0 Å². The summed E-state index contributed by atoms with van der Waals surface area (Å²) in [4.78, 5) is 2.63. The van der Waals surface area contributed by atoms with Gasteiger partial charge in [0.25, 0.3) is 0 Å². The summed E-state index contributed by atoms with van der Waals surface area (Å²) in [5.41, 5.74) is 14.4. The first kappa shape index (κ1) is 12.9. The van der Waals surface area contributed by atoms with Crippen LogP contribution in [0.1, 0.15) is 40.3 Å². The molecule has 0 aromatic heterocycles. The van der Waals surface area contributed by atoms with Crippen LogP contribution in [-0.2, 0) is 19.4 Å². The number of rotatable bonds is 1. The maximum absolute atomic E-state index is 6.19. The Morgan fingerprint density at radius 1 is 1.10 bits per heavy atom. The Hall–Kier alpha value is -1.80. The summed E-state index contributed by atoms with van der Waals surface area (Å²) in [6, 6.07) is 13.9. The van der Waals surface area contributed by atoms with Crippen molar-refractivity contribution in [2.45, 2.75) is 38.8 Å². The van der Waals surface area contributed by atoms with E-state index in [0.29, 0.717) is 6.04 Å². The fourth-order valence-electron chi connectivity index (χ4n) is 3.97. The van der Waals surface area contributed by atoms with Crippen LogP contribution in [0, 0.1) is 6.92 Å². The maximum Gasteiger partial charge on any atom is 0.0362 e. The van der Waals surface area contributed by atoms with E-state index in [0.717, 1.165) is 25.2 Å². The van der Waals surface area contributed by atoms with E-state index in [9.17, 15) is 0 Å². The van der Waals surface area contributed by atoms with Crippen molar-refractivity contribution in [1.82, 2.24) is 4.90 Å². The molecule has 0 radical (unpaired) electrons. The van der Waals surface area contributed by atoms with E-state index in [1.54, 1.807) is 5.56 Å². The highest BCUT2D eigenvalue weighted by molar-refractivity contribution is 5.52. The Bertz CT molecular complexity index is 690. The lowest BCUT2D eigenvalue weighted by atomic mass is 9.95. The zero-order valence-corrected chi connectivity index (χ0v) is 12.6. The van der Waals surface area contributed by atoms with Crippen LogP contribution < -0.4 is 5.73 Å². The van der Waals surface area contributed by atoms with E-state index in [2.05, 4.69) is 42.2 Å². The molecule has 0 fully saturated rings. The number of nitrogens with zero attached hydrogens (tertiary/aromatic N) is 1. The maximum atomic E-state index is 6.19. The average molecular weight is 278 g/mol. The van der Waals surface area contributed by atoms with E-state index in [1.165, 1.54) is 35.1 Å². The van der Waals surface area contributed by atoms with Crippen LogP contribution in [-0.4, -0.2) is 11.4 Å². The fourth-order valence-corrected chi connectivity index (χ4v) is 3.97.